The highest BCUT2D eigenvalue weighted by molar-refractivity contribution is 8.02. The summed E-state index contributed by atoms with van der Waals surface area (Å²) in [6.07, 6.45) is 3.76. The molecule has 110 valence electrons. The molecule has 1 aromatic rings. The van der Waals surface area contributed by atoms with Gasteiger partial charge in [-0.1, -0.05) is 18.3 Å². The minimum Gasteiger partial charge on any atom is -0.392 e. The van der Waals surface area contributed by atoms with Crippen LogP contribution in [-0.2, 0) is 6.54 Å². The Bertz CT molecular complexity index is 500. The zero-order valence-corrected chi connectivity index (χ0v) is 13.0. The van der Waals surface area contributed by atoms with E-state index in [1.807, 2.05) is 6.26 Å². The van der Waals surface area contributed by atoms with Crippen LogP contribution < -0.4 is 5.73 Å². The van der Waals surface area contributed by atoms with E-state index in [4.69, 9.17) is 18.0 Å². The summed E-state index contributed by atoms with van der Waals surface area (Å²) in [4.78, 5) is 2.71. The van der Waals surface area contributed by atoms with E-state index in [2.05, 4.69) is 4.90 Å². The van der Waals surface area contributed by atoms with Gasteiger partial charge in [-0.25, -0.2) is 8.78 Å². The van der Waals surface area contributed by atoms with Gasteiger partial charge in [0.05, 0.1) is 9.74 Å². The first kappa shape index (κ1) is 15.7. The Morgan fingerprint density at radius 3 is 2.55 bits per heavy atom. The molecule has 0 saturated carbocycles. The number of halogens is 2. The fourth-order valence-corrected chi connectivity index (χ4v) is 3.76. The van der Waals surface area contributed by atoms with E-state index in [-0.39, 0.29) is 4.75 Å². The van der Waals surface area contributed by atoms with Gasteiger partial charge >= 0.3 is 0 Å². The van der Waals surface area contributed by atoms with Gasteiger partial charge in [0.15, 0.2) is 0 Å². The monoisotopic (exact) mass is 316 g/mol. The number of benzene rings is 1. The molecule has 0 aromatic heterocycles. The lowest BCUT2D eigenvalue weighted by atomic mass is 9.95. The number of hydrogen-bond acceptors (Lipinski definition) is 3. The van der Waals surface area contributed by atoms with Crippen molar-refractivity contribution in [1.29, 1.82) is 0 Å². The number of hydrogen-bond donors (Lipinski definition) is 1. The fourth-order valence-electron chi connectivity index (χ4n) is 2.51. The first-order valence-electron chi connectivity index (χ1n) is 6.48. The third-order valence-electron chi connectivity index (χ3n) is 3.91. The van der Waals surface area contributed by atoms with Crippen LogP contribution in [-0.4, -0.2) is 34.0 Å². The van der Waals surface area contributed by atoms with E-state index in [1.165, 1.54) is 12.1 Å². The largest absolute Gasteiger partial charge is 0.392 e. The molecule has 6 heteroatoms. The van der Waals surface area contributed by atoms with Gasteiger partial charge in [0.25, 0.3) is 0 Å². The van der Waals surface area contributed by atoms with E-state index >= 15 is 0 Å². The fraction of sp³-hybridized carbons (Fsp3) is 0.500. The molecule has 0 amide bonds. The molecule has 0 bridgehead atoms. The first-order chi connectivity index (χ1) is 9.47. The number of likely N-dealkylation sites (tertiary alicyclic amines) is 1. The Kier molecular flexibility index (Phi) is 4.99. The highest BCUT2D eigenvalue weighted by Crippen LogP contribution is 2.35. The Labute approximate surface area is 127 Å². The molecule has 2 rings (SSSR count). The summed E-state index contributed by atoms with van der Waals surface area (Å²) in [6.45, 7) is 2.12. The highest BCUT2D eigenvalue weighted by atomic mass is 32.2. The van der Waals surface area contributed by atoms with Crippen molar-refractivity contribution in [3.8, 4) is 0 Å². The summed E-state index contributed by atoms with van der Waals surface area (Å²) >= 11 is 6.87. The molecule has 2 nitrogen and oxygen atoms in total. The Morgan fingerprint density at radius 1 is 1.40 bits per heavy atom. The van der Waals surface area contributed by atoms with Gasteiger partial charge in [0.2, 0.25) is 0 Å². The van der Waals surface area contributed by atoms with Gasteiger partial charge in [-0.15, -0.1) is 0 Å². The molecular weight excluding hydrogens is 298 g/mol. The van der Waals surface area contributed by atoms with Gasteiger partial charge < -0.3 is 5.73 Å². The lowest BCUT2D eigenvalue weighted by molar-refractivity contribution is 0.210. The van der Waals surface area contributed by atoms with Crippen molar-refractivity contribution in [3.05, 3.63) is 35.4 Å². The van der Waals surface area contributed by atoms with Gasteiger partial charge in [-0.05, 0) is 25.2 Å². The van der Waals surface area contributed by atoms with Crippen molar-refractivity contribution >= 4 is 29.0 Å². The zero-order valence-electron chi connectivity index (χ0n) is 11.4. The van der Waals surface area contributed by atoms with E-state index < -0.39 is 11.6 Å². The van der Waals surface area contributed by atoms with Crippen LogP contribution in [0.3, 0.4) is 0 Å². The second-order valence-corrected chi connectivity index (χ2v) is 6.70. The third kappa shape index (κ3) is 3.30. The van der Waals surface area contributed by atoms with E-state index in [1.54, 1.807) is 11.8 Å². The number of nitrogens with zero attached hydrogens (tertiary/aromatic N) is 1. The van der Waals surface area contributed by atoms with Crippen LogP contribution in [0.5, 0.6) is 0 Å². The average molecular weight is 316 g/mol. The smallest absolute Gasteiger partial charge is 0.130 e. The van der Waals surface area contributed by atoms with Crippen LogP contribution in [0.25, 0.3) is 0 Å². The standard InChI is InChI=1S/C14H18F2N2S2/c1-20-14(13(17)19)4-6-18(7-5-14)9-10-2-3-11(15)8-12(10)16/h2-3,8H,4-7,9H2,1H3,(H2,17,19). The molecule has 0 unspecified atom stereocenters. The van der Waals surface area contributed by atoms with Crippen LogP contribution in [0.15, 0.2) is 18.2 Å². The summed E-state index contributed by atoms with van der Waals surface area (Å²) in [5, 5.41) is 0. The predicted octanol–water partition coefficient (Wildman–Crippen LogP) is 2.95. The van der Waals surface area contributed by atoms with Gasteiger partial charge in [-0.2, -0.15) is 11.8 Å². The lowest BCUT2D eigenvalue weighted by Crippen LogP contribution is -2.49. The molecule has 1 heterocycles. The minimum atomic E-state index is -0.542. The summed E-state index contributed by atoms with van der Waals surface area (Å²) in [6, 6.07) is 3.73. The van der Waals surface area contributed by atoms with Crippen LogP contribution >= 0.6 is 24.0 Å². The highest BCUT2D eigenvalue weighted by Gasteiger charge is 2.36. The number of piperidine rings is 1. The lowest BCUT2D eigenvalue weighted by Gasteiger charge is -2.40. The summed E-state index contributed by atoms with van der Waals surface area (Å²) in [5.41, 5.74) is 6.37. The maximum absolute atomic E-state index is 13.6. The summed E-state index contributed by atoms with van der Waals surface area (Å²) in [5.74, 6) is -1.03. The van der Waals surface area contributed by atoms with Crippen LogP contribution in [0.1, 0.15) is 18.4 Å². The quantitative estimate of drug-likeness (QED) is 0.865. The molecule has 2 N–H and O–H groups in total. The molecule has 20 heavy (non-hydrogen) atoms. The topological polar surface area (TPSA) is 29.3 Å². The molecule has 1 saturated heterocycles. The van der Waals surface area contributed by atoms with Gasteiger partial charge in [0.1, 0.15) is 11.6 Å². The van der Waals surface area contributed by atoms with Crippen LogP contribution in [0.4, 0.5) is 8.78 Å². The number of thiocarbonyl (C=S) groups is 1. The number of rotatable bonds is 4. The van der Waals surface area contributed by atoms with Crippen molar-refractivity contribution in [1.82, 2.24) is 4.90 Å². The van der Waals surface area contributed by atoms with Crippen molar-refractivity contribution in [3.63, 3.8) is 0 Å². The first-order valence-corrected chi connectivity index (χ1v) is 8.11. The third-order valence-corrected chi connectivity index (χ3v) is 5.84. The van der Waals surface area contributed by atoms with Gasteiger partial charge in [-0.3, -0.25) is 4.90 Å². The van der Waals surface area contributed by atoms with E-state index in [9.17, 15) is 8.78 Å². The molecule has 1 aliphatic heterocycles. The average Bonchev–Trinajstić information content (AvgIpc) is 2.42. The maximum Gasteiger partial charge on any atom is 0.130 e. The molecule has 1 aliphatic rings. The molecule has 1 fully saturated rings. The Morgan fingerprint density at radius 2 is 2.05 bits per heavy atom. The normalized spacial score (nSPS) is 18.9. The maximum atomic E-state index is 13.6. The summed E-state index contributed by atoms with van der Waals surface area (Å²) < 4.78 is 26.4. The SMILES string of the molecule is CSC1(C(N)=S)CCN(Cc2ccc(F)cc2F)CC1. The predicted molar refractivity (Wildman–Crippen MR) is 83.9 cm³/mol. The van der Waals surface area contributed by atoms with E-state index in [0.717, 1.165) is 32.0 Å². The van der Waals surface area contributed by atoms with Crippen molar-refractivity contribution < 1.29 is 8.78 Å². The molecular formula is C14H18F2N2S2. The van der Waals surface area contributed by atoms with Crippen LogP contribution in [0, 0.1) is 11.6 Å². The van der Waals surface area contributed by atoms with Crippen molar-refractivity contribution in [2.24, 2.45) is 5.73 Å². The minimum absolute atomic E-state index is 0.132. The van der Waals surface area contributed by atoms with E-state index in [0.29, 0.717) is 17.1 Å². The molecule has 0 spiro atoms. The molecule has 0 atom stereocenters. The second-order valence-electron chi connectivity index (χ2n) is 5.07. The molecule has 1 aromatic carbocycles. The Balaban J connectivity index is 1.99. The number of thioether (sulfide) groups is 1. The van der Waals surface area contributed by atoms with Crippen LogP contribution in [0.2, 0.25) is 0 Å². The number of nitrogens with two attached hydrogens (primary N) is 1. The molecule has 0 radical (unpaired) electrons. The molecule has 0 aliphatic carbocycles. The summed E-state index contributed by atoms with van der Waals surface area (Å²) in [7, 11) is 0. The zero-order chi connectivity index (χ0) is 14.8. The van der Waals surface area contributed by atoms with Gasteiger partial charge in [0, 0.05) is 31.3 Å². The van der Waals surface area contributed by atoms with Crippen molar-refractivity contribution in [2.75, 3.05) is 19.3 Å². The second kappa shape index (κ2) is 6.37. The Hall–Kier alpha value is -0.720. The van der Waals surface area contributed by atoms with Crippen molar-refractivity contribution in [2.45, 2.75) is 24.1 Å².